The van der Waals surface area contributed by atoms with E-state index in [-0.39, 0.29) is 31.7 Å². The average Bonchev–Trinajstić information content (AvgIpc) is 2.38. The van der Waals surface area contributed by atoms with Crippen LogP contribution in [0.25, 0.3) is 0 Å². The van der Waals surface area contributed by atoms with Crippen LogP contribution in [0.15, 0.2) is 11.4 Å². The van der Waals surface area contributed by atoms with Crippen LogP contribution in [0.5, 0.6) is 0 Å². The Kier molecular flexibility index (Phi) is 10.1. The summed E-state index contributed by atoms with van der Waals surface area (Å²) in [6.45, 7) is 6.72. The van der Waals surface area contributed by atoms with E-state index < -0.39 is 27.3 Å². The molecule has 0 aromatic rings. The fourth-order valence-electron chi connectivity index (χ4n) is 1.62. The van der Waals surface area contributed by atoms with E-state index in [0.717, 1.165) is 0 Å². The van der Waals surface area contributed by atoms with Crippen LogP contribution in [0.3, 0.4) is 0 Å². The van der Waals surface area contributed by atoms with Crippen molar-refractivity contribution in [3.05, 3.63) is 11.4 Å². The Balaban J connectivity index is 5.67. The molecule has 0 spiro atoms. The zero-order valence-electron chi connectivity index (χ0n) is 13.3. The van der Waals surface area contributed by atoms with Crippen molar-refractivity contribution in [1.29, 1.82) is 0 Å². The van der Waals surface area contributed by atoms with Gasteiger partial charge < -0.3 is 23.2 Å². The maximum atomic E-state index is 12.7. The Bertz CT molecular complexity index is 454. The molecule has 0 saturated carbocycles. The third-order valence-corrected chi connectivity index (χ3v) is 6.71. The lowest BCUT2D eigenvalue weighted by Gasteiger charge is -2.23. The van der Waals surface area contributed by atoms with Crippen LogP contribution in [-0.4, -0.2) is 43.7 Å². The molecule has 0 aliphatic carbocycles. The van der Waals surface area contributed by atoms with Gasteiger partial charge in [0.15, 0.2) is 0 Å². The summed E-state index contributed by atoms with van der Waals surface area (Å²) in [5, 5.41) is 8.72. The highest BCUT2D eigenvalue weighted by atomic mass is 31.2. The molecule has 0 fully saturated rings. The van der Waals surface area contributed by atoms with E-state index >= 15 is 0 Å². The first-order valence-corrected chi connectivity index (χ1v) is 10.2. The van der Waals surface area contributed by atoms with Gasteiger partial charge in [0.25, 0.3) is 0 Å². The van der Waals surface area contributed by atoms with Gasteiger partial charge in [0.2, 0.25) is 0 Å². The molecule has 1 N–H and O–H groups in total. The van der Waals surface area contributed by atoms with E-state index in [1.54, 1.807) is 27.7 Å². The standard InChI is InChI=1S/C12H24O8P2/c1-5-17-21(15,18-6-2)10-11(9-12(13)14)22(16,19-7-3)20-8-4/h9H,5-8,10H2,1-4H3,(H,13,14)/b11-9-. The van der Waals surface area contributed by atoms with Gasteiger partial charge in [-0.05, 0) is 27.7 Å². The van der Waals surface area contributed by atoms with Gasteiger partial charge in [-0.2, -0.15) is 0 Å². The molecule has 0 aromatic heterocycles. The number of hydrogen-bond acceptors (Lipinski definition) is 7. The largest absolute Gasteiger partial charge is 0.478 e. The highest BCUT2D eigenvalue weighted by Crippen LogP contribution is 2.62. The molecule has 8 nitrogen and oxygen atoms in total. The molecular weight excluding hydrogens is 334 g/mol. The van der Waals surface area contributed by atoms with Crippen molar-refractivity contribution in [3.8, 4) is 0 Å². The van der Waals surface area contributed by atoms with Gasteiger partial charge in [-0.3, -0.25) is 9.13 Å². The Morgan fingerprint density at radius 2 is 1.32 bits per heavy atom. The summed E-state index contributed by atoms with van der Waals surface area (Å²) in [5.41, 5.74) is 0. The number of hydrogen-bond donors (Lipinski definition) is 1. The smallest absolute Gasteiger partial charge is 0.358 e. The van der Waals surface area contributed by atoms with Crippen molar-refractivity contribution >= 4 is 21.2 Å². The van der Waals surface area contributed by atoms with Crippen LogP contribution in [0, 0.1) is 0 Å². The number of carbonyl (C=O) groups is 1. The van der Waals surface area contributed by atoms with Crippen molar-refractivity contribution in [2.45, 2.75) is 27.7 Å². The Morgan fingerprint density at radius 3 is 1.64 bits per heavy atom. The maximum Gasteiger partial charge on any atom is 0.358 e. The predicted octanol–water partition coefficient (Wildman–Crippen LogP) is 3.49. The number of carboxylic acids is 1. The molecule has 0 saturated heterocycles. The van der Waals surface area contributed by atoms with Crippen LogP contribution >= 0.6 is 15.2 Å². The van der Waals surface area contributed by atoms with E-state index in [4.69, 9.17) is 23.2 Å². The van der Waals surface area contributed by atoms with Gasteiger partial charge in [0.1, 0.15) is 0 Å². The first kappa shape index (κ1) is 21.5. The van der Waals surface area contributed by atoms with Crippen molar-refractivity contribution in [2.75, 3.05) is 32.6 Å². The van der Waals surface area contributed by atoms with Gasteiger partial charge >= 0.3 is 21.2 Å². The fraction of sp³-hybridized carbons (Fsp3) is 0.750. The maximum absolute atomic E-state index is 12.7. The minimum atomic E-state index is -3.88. The third-order valence-electron chi connectivity index (χ3n) is 2.25. The van der Waals surface area contributed by atoms with Crippen molar-refractivity contribution in [1.82, 2.24) is 0 Å². The molecule has 0 bridgehead atoms. The first-order chi connectivity index (χ1) is 10.3. The lowest BCUT2D eigenvalue weighted by Crippen LogP contribution is -2.08. The zero-order chi connectivity index (χ0) is 17.2. The molecule has 0 atom stereocenters. The molecule has 0 unspecified atom stereocenters. The third kappa shape index (κ3) is 7.18. The highest BCUT2D eigenvalue weighted by Gasteiger charge is 2.37. The topological polar surface area (TPSA) is 108 Å². The second kappa shape index (κ2) is 10.3. The van der Waals surface area contributed by atoms with Gasteiger partial charge in [0, 0.05) is 6.08 Å². The number of rotatable bonds is 12. The lowest BCUT2D eigenvalue weighted by atomic mass is 10.5. The summed E-state index contributed by atoms with van der Waals surface area (Å²) in [5.74, 6) is -1.35. The summed E-state index contributed by atoms with van der Waals surface area (Å²) >= 11 is 0. The Labute approximate surface area is 130 Å². The zero-order valence-corrected chi connectivity index (χ0v) is 15.1. The molecule has 0 radical (unpaired) electrons. The monoisotopic (exact) mass is 358 g/mol. The number of aliphatic carboxylic acids is 1. The Morgan fingerprint density at radius 1 is 0.909 bits per heavy atom. The van der Waals surface area contributed by atoms with E-state index in [1.807, 2.05) is 0 Å². The van der Waals surface area contributed by atoms with Gasteiger partial charge in [0.05, 0.1) is 37.9 Å². The van der Waals surface area contributed by atoms with Crippen LogP contribution in [0.4, 0.5) is 0 Å². The lowest BCUT2D eigenvalue weighted by molar-refractivity contribution is -0.131. The van der Waals surface area contributed by atoms with E-state index in [9.17, 15) is 13.9 Å². The highest BCUT2D eigenvalue weighted by molar-refractivity contribution is 7.61. The van der Waals surface area contributed by atoms with Crippen molar-refractivity contribution in [2.24, 2.45) is 0 Å². The van der Waals surface area contributed by atoms with Crippen molar-refractivity contribution in [3.63, 3.8) is 0 Å². The van der Waals surface area contributed by atoms with Crippen LogP contribution < -0.4 is 0 Å². The van der Waals surface area contributed by atoms with Gasteiger partial charge in [-0.1, -0.05) is 0 Å². The summed E-state index contributed by atoms with van der Waals surface area (Å²) in [7, 11) is -7.52. The summed E-state index contributed by atoms with van der Waals surface area (Å²) in [6, 6.07) is 0. The second-order valence-corrected chi connectivity index (χ2v) is 8.05. The van der Waals surface area contributed by atoms with E-state index in [0.29, 0.717) is 6.08 Å². The molecular formula is C12H24O8P2. The van der Waals surface area contributed by atoms with E-state index in [1.165, 1.54) is 0 Å². The molecule has 0 heterocycles. The summed E-state index contributed by atoms with van der Waals surface area (Å²) in [4.78, 5) is 11.0. The van der Waals surface area contributed by atoms with Crippen LogP contribution in [-0.2, 0) is 32.0 Å². The minimum absolute atomic E-state index is 0.0435. The molecule has 0 aliphatic heterocycles. The van der Waals surface area contributed by atoms with Crippen LogP contribution in [0.2, 0.25) is 0 Å². The molecule has 130 valence electrons. The number of carboxylic acid groups (broad SMARTS) is 1. The normalized spacial score (nSPS) is 13.4. The van der Waals surface area contributed by atoms with Crippen LogP contribution in [0.1, 0.15) is 27.7 Å². The molecule has 22 heavy (non-hydrogen) atoms. The second-order valence-electron chi connectivity index (χ2n) is 3.91. The quantitative estimate of drug-likeness (QED) is 0.417. The fourth-order valence-corrected chi connectivity index (χ4v) is 5.72. The predicted molar refractivity (Wildman–Crippen MR) is 82.3 cm³/mol. The van der Waals surface area contributed by atoms with E-state index in [2.05, 4.69) is 0 Å². The van der Waals surface area contributed by atoms with Gasteiger partial charge in [-0.15, -0.1) is 0 Å². The molecule has 0 rings (SSSR count). The molecule has 0 aromatic carbocycles. The summed E-state index contributed by atoms with van der Waals surface area (Å²) < 4.78 is 45.7. The Hall–Kier alpha value is -0.490. The first-order valence-electron chi connectivity index (χ1n) is 6.98. The molecule has 0 amide bonds. The number of allylic oxidation sites excluding steroid dienone is 1. The summed E-state index contributed by atoms with van der Waals surface area (Å²) in [6.07, 6.45) is 0.203. The minimum Gasteiger partial charge on any atom is -0.478 e. The van der Waals surface area contributed by atoms with Crippen molar-refractivity contribution < 1.29 is 37.1 Å². The van der Waals surface area contributed by atoms with Gasteiger partial charge in [-0.25, -0.2) is 4.79 Å². The average molecular weight is 358 g/mol. The molecule has 10 heteroatoms. The SMILES string of the molecule is CCOP(=O)(C/C(=C/C(=O)O)P(=O)(OCC)OCC)OCC. The molecule has 0 aliphatic rings.